The smallest absolute Gasteiger partial charge is 0.200 e. The fourth-order valence-electron chi connectivity index (χ4n) is 6.01. The molecule has 1 nitrogen and oxygen atoms in total. The number of hydrogen-bond acceptors (Lipinski definition) is 2. The molecule has 0 atom stereocenters. The van der Waals surface area contributed by atoms with Gasteiger partial charge >= 0.3 is 0 Å². The van der Waals surface area contributed by atoms with E-state index in [1.165, 1.54) is 69.4 Å². The Bertz CT molecular complexity index is 1690. The zero-order valence-corrected chi connectivity index (χ0v) is 24.4. The van der Waals surface area contributed by atoms with Crippen molar-refractivity contribution in [3.63, 3.8) is 0 Å². The number of pyridine rings is 1. The van der Waals surface area contributed by atoms with Crippen molar-refractivity contribution in [2.45, 2.75) is 71.1 Å². The molecule has 0 bridgehead atoms. The fraction of sp³-hybridized carbons (Fsp3) is 0.364. The highest BCUT2D eigenvalue weighted by Crippen LogP contribution is 2.54. The summed E-state index contributed by atoms with van der Waals surface area (Å²) in [5.74, 6) is 0. The van der Waals surface area contributed by atoms with Gasteiger partial charge < -0.3 is 0 Å². The molecule has 0 amide bonds. The SMILES string of the molecule is Cc1c2c(c(CC(C)(C)C)c3ccccc13)Sc1cc3c(CC(C)(C)C)csc3c3cc[n+](C)c-2c13. The second-order valence-electron chi connectivity index (χ2n) is 13.0. The summed E-state index contributed by atoms with van der Waals surface area (Å²) in [4.78, 5) is 2.87. The standard InChI is InChI=1S/C33H36NS2/c1-19-21-11-9-10-12-22(21)25(17-33(5,6)7)31-27(19)29-28-23(13-14-34(29)8)30-24(15-26(28)36-31)20(18-35-30)16-32(2,3)4/h9-15,18H,16-17H2,1-8H3/q+1. The molecular formula is C33H36NS2+. The zero-order chi connectivity index (χ0) is 25.6. The Balaban J connectivity index is 1.74. The maximum absolute atomic E-state index is 2.51. The van der Waals surface area contributed by atoms with Gasteiger partial charge in [-0.2, -0.15) is 0 Å². The Labute approximate surface area is 223 Å². The average Bonchev–Trinajstić information content (AvgIpc) is 3.18. The minimum absolute atomic E-state index is 0.206. The van der Waals surface area contributed by atoms with Gasteiger partial charge in [-0.15, -0.1) is 11.3 Å². The maximum Gasteiger partial charge on any atom is 0.222 e. The third-order valence-corrected chi connectivity index (χ3v) is 9.68. The van der Waals surface area contributed by atoms with Crippen molar-refractivity contribution in [2.75, 3.05) is 0 Å². The Kier molecular flexibility index (Phi) is 5.38. The number of aromatic nitrogens is 1. The van der Waals surface area contributed by atoms with Crippen LogP contribution in [0.5, 0.6) is 0 Å². The van der Waals surface area contributed by atoms with Crippen molar-refractivity contribution in [1.29, 1.82) is 0 Å². The summed E-state index contributed by atoms with van der Waals surface area (Å²) in [5.41, 5.74) is 7.69. The van der Waals surface area contributed by atoms with Gasteiger partial charge in [-0.1, -0.05) is 77.6 Å². The van der Waals surface area contributed by atoms with Crippen LogP contribution in [0.1, 0.15) is 58.2 Å². The van der Waals surface area contributed by atoms with Crippen LogP contribution in [0.25, 0.3) is 42.9 Å². The number of thiophene rings is 1. The van der Waals surface area contributed by atoms with Crippen LogP contribution >= 0.6 is 23.1 Å². The molecule has 2 aromatic heterocycles. The Morgan fingerprint density at radius 3 is 2.22 bits per heavy atom. The van der Waals surface area contributed by atoms with Crippen LogP contribution in [0.2, 0.25) is 0 Å². The lowest BCUT2D eigenvalue weighted by Gasteiger charge is -2.28. The quantitative estimate of drug-likeness (QED) is 0.210. The molecule has 36 heavy (non-hydrogen) atoms. The molecule has 0 N–H and O–H groups in total. The number of hydrogen-bond donors (Lipinski definition) is 0. The molecular weight excluding hydrogens is 475 g/mol. The maximum atomic E-state index is 2.51. The predicted octanol–water partition coefficient (Wildman–Crippen LogP) is 9.65. The van der Waals surface area contributed by atoms with Gasteiger partial charge in [0.2, 0.25) is 5.69 Å². The van der Waals surface area contributed by atoms with E-state index in [0.717, 1.165) is 12.8 Å². The molecule has 0 radical (unpaired) electrons. The molecule has 0 saturated carbocycles. The van der Waals surface area contributed by atoms with Crippen molar-refractivity contribution in [3.8, 4) is 11.3 Å². The summed E-state index contributed by atoms with van der Waals surface area (Å²) < 4.78 is 3.80. The molecule has 0 unspecified atom stereocenters. The first kappa shape index (κ1) is 24.0. The minimum atomic E-state index is 0.206. The first-order valence-electron chi connectivity index (χ1n) is 13.0. The summed E-state index contributed by atoms with van der Waals surface area (Å²) in [7, 11) is 2.22. The zero-order valence-electron chi connectivity index (χ0n) is 22.8. The van der Waals surface area contributed by atoms with Crippen LogP contribution in [0.15, 0.2) is 57.8 Å². The molecule has 6 rings (SSSR count). The van der Waals surface area contributed by atoms with Gasteiger partial charge in [0.1, 0.15) is 7.05 Å². The topological polar surface area (TPSA) is 3.88 Å². The van der Waals surface area contributed by atoms with Crippen molar-refractivity contribution >= 4 is 54.7 Å². The van der Waals surface area contributed by atoms with E-state index in [-0.39, 0.29) is 10.8 Å². The van der Waals surface area contributed by atoms with E-state index in [1.807, 2.05) is 23.1 Å². The number of rotatable bonds is 2. The molecule has 3 heterocycles. The normalized spacial score (nSPS) is 13.7. The molecule has 3 heteroatoms. The molecule has 0 saturated heterocycles. The highest BCUT2D eigenvalue weighted by Gasteiger charge is 2.33. The van der Waals surface area contributed by atoms with Gasteiger partial charge in [-0.05, 0) is 74.9 Å². The van der Waals surface area contributed by atoms with Crippen molar-refractivity contribution < 1.29 is 4.57 Å². The number of fused-ring (bicyclic) bond motifs is 5. The van der Waals surface area contributed by atoms with E-state index in [2.05, 4.69) is 108 Å². The van der Waals surface area contributed by atoms with Gasteiger partial charge in [-0.25, -0.2) is 4.57 Å². The summed E-state index contributed by atoms with van der Waals surface area (Å²) in [5, 5.41) is 9.49. The van der Waals surface area contributed by atoms with Crippen LogP contribution in [0, 0.1) is 17.8 Å². The van der Waals surface area contributed by atoms with E-state index in [1.54, 1.807) is 0 Å². The van der Waals surface area contributed by atoms with E-state index in [0.29, 0.717) is 0 Å². The Morgan fingerprint density at radius 1 is 0.833 bits per heavy atom. The van der Waals surface area contributed by atoms with Crippen LogP contribution < -0.4 is 4.57 Å². The van der Waals surface area contributed by atoms with E-state index in [9.17, 15) is 0 Å². The Morgan fingerprint density at radius 2 is 1.53 bits per heavy atom. The molecule has 0 aliphatic carbocycles. The van der Waals surface area contributed by atoms with E-state index in [4.69, 9.17) is 0 Å². The second-order valence-corrected chi connectivity index (χ2v) is 14.9. The lowest BCUT2D eigenvalue weighted by Crippen LogP contribution is -2.32. The highest BCUT2D eigenvalue weighted by molar-refractivity contribution is 8.00. The molecule has 184 valence electrons. The lowest BCUT2D eigenvalue weighted by atomic mass is 9.83. The second kappa shape index (κ2) is 8.07. The molecule has 0 spiro atoms. The minimum Gasteiger partial charge on any atom is -0.200 e. The largest absolute Gasteiger partial charge is 0.222 e. The van der Waals surface area contributed by atoms with Gasteiger partial charge in [0, 0.05) is 25.9 Å². The monoisotopic (exact) mass is 510 g/mol. The molecule has 3 aromatic carbocycles. The Hall–Kier alpha value is -2.36. The van der Waals surface area contributed by atoms with E-state index < -0.39 is 0 Å². The lowest BCUT2D eigenvalue weighted by molar-refractivity contribution is -0.659. The van der Waals surface area contributed by atoms with Crippen LogP contribution in [0.3, 0.4) is 0 Å². The van der Waals surface area contributed by atoms with Gasteiger partial charge in [-0.3, -0.25) is 0 Å². The van der Waals surface area contributed by atoms with Crippen molar-refractivity contribution in [1.82, 2.24) is 0 Å². The number of aryl methyl sites for hydroxylation is 2. The summed E-state index contributed by atoms with van der Waals surface area (Å²) in [6.45, 7) is 16.5. The molecule has 5 aromatic rings. The summed E-state index contributed by atoms with van der Waals surface area (Å²) >= 11 is 3.94. The third kappa shape index (κ3) is 3.78. The van der Waals surface area contributed by atoms with Crippen molar-refractivity contribution in [3.05, 3.63) is 64.7 Å². The van der Waals surface area contributed by atoms with Crippen LogP contribution in [-0.4, -0.2) is 0 Å². The number of benzene rings is 3. The van der Waals surface area contributed by atoms with Crippen LogP contribution in [0.4, 0.5) is 0 Å². The average molecular weight is 511 g/mol. The van der Waals surface area contributed by atoms with E-state index >= 15 is 0 Å². The first-order valence-corrected chi connectivity index (χ1v) is 14.7. The predicted molar refractivity (Wildman–Crippen MR) is 159 cm³/mol. The summed E-state index contributed by atoms with van der Waals surface area (Å²) in [6, 6.07) is 13.9. The summed E-state index contributed by atoms with van der Waals surface area (Å²) in [6.07, 6.45) is 4.45. The molecule has 1 aliphatic rings. The van der Waals surface area contributed by atoms with Crippen molar-refractivity contribution in [2.24, 2.45) is 17.9 Å². The van der Waals surface area contributed by atoms with Gasteiger partial charge in [0.25, 0.3) is 0 Å². The molecule has 0 fully saturated rings. The molecule has 1 aliphatic heterocycles. The van der Waals surface area contributed by atoms with Gasteiger partial charge in [0.15, 0.2) is 6.20 Å². The van der Waals surface area contributed by atoms with Gasteiger partial charge in [0.05, 0.1) is 10.9 Å². The number of nitrogens with zero attached hydrogens (tertiary/aromatic N) is 1. The van der Waals surface area contributed by atoms with Crippen LogP contribution in [-0.2, 0) is 19.9 Å². The highest BCUT2D eigenvalue weighted by atomic mass is 32.2. The third-order valence-electron chi connectivity index (χ3n) is 7.41. The first-order chi connectivity index (χ1) is 16.9. The fourth-order valence-corrected chi connectivity index (χ4v) is 8.46.